The number of ether oxygens (including phenoxy) is 2. The second-order valence-corrected chi connectivity index (χ2v) is 8.07. The number of amides is 3. The molecule has 1 atom stereocenters. The fraction of sp³-hybridized carbons (Fsp3) is 0.185. The Balaban J connectivity index is 1.59. The van der Waals surface area contributed by atoms with Crippen molar-refractivity contribution < 1.29 is 19.1 Å². The van der Waals surface area contributed by atoms with Gasteiger partial charge in [0.15, 0.2) is 11.5 Å². The predicted molar refractivity (Wildman–Crippen MR) is 131 cm³/mol. The van der Waals surface area contributed by atoms with Gasteiger partial charge in [-0.3, -0.25) is 4.79 Å². The summed E-state index contributed by atoms with van der Waals surface area (Å²) in [4.78, 5) is 25.5. The van der Waals surface area contributed by atoms with Crippen molar-refractivity contribution in [2.45, 2.75) is 26.5 Å². The van der Waals surface area contributed by atoms with Crippen LogP contribution in [0.25, 0.3) is 0 Å². The Hall–Kier alpha value is -4.26. The van der Waals surface area contributed by atoms with E-state index >= 15 is 0 Å². The van der Waals surface area contributed by atoms with E-state index in [9.17, 15) is 9.59 Å². The first-order chi connectivity index (χ1) is 16.4. The lowest BCUT2D eigenvalue weighted by Gasteiger charge is -2.29. The van der Waals surface area contributed by atoms with Crippen LogP contribution in [-0.4, -0.2) is 19.0 Å². The molecule has 0 aliphatic carbocycles. The van der Waals surface area contributed by atoms with E-state index in [4.69, 9.17) is 9.47 Å². The van der Waals surface area contributed by atoms with Gasteiger partial charge in [0.1, 0.15) is 6.61 Å². The summed E-state index contributed by atoms with van der Waals surface area (Å²) < 4.78 is 11.5. The molecule has 0 aromatic heterocycles. The van der Waals surface area contributed by atoms with Crippen LogP contribution in [0.3, 0.4) is 0 Å². The van der Waals surface area contributed by atoms with E-state index in [0.717, 1.165) is 11.1 Å². The summed E-state index contributed by atoms with van der Waals surface area (Å²) in [6, 6.07) is 21.7. The third-order valence-corrected chi connectivity index (χ3v) is 5.58. The number of rotatable bonds is 7. The maximum Gasteiger partial charge on any atom is 0.319 e. The van der Waals surface area contributed by atoms with Crippen LogP contribution in [0.5, 0.6) is 11.5 Å². The molecule has 0 saturated heterocycles. The van der Waals surface area contributed by atoms with Crippen LogP contribution in [0.4, 0.5) is 10.5 Å². The Kier molecular flexibility index (Phi) is 6.82. The molecule has 7 nitrogen and oxygen atoms in total. The van der Waals surface area contributed by atoms with Gasteiger partial charge in [-0.25, -0.2) is 4.79 Å². The van der Waals surface area contributed by atoms with Gasteiger partial charge < -0.3 is 25.4 Å². The Morgan fingerprint density at radius 3 is 2.41 bits per heavy atom. The van der Waals surface area contributed by atoms with Crippen molar-refractivity contribution in [2.24, 2.45) is 0 Å². The van der Waals surface area contributed by atoms with Crippen molar-refractivity contribution >= 4 is 17.6 Å². The lowest BCUT2D eigenvalue weighted by Crippen LogP contribution is -2.46. The first kappa shape index (κ1) is 22.9. The highest BCUT2D eigenvalue weighted by Crippen LogP contribution is 2.35. The van der Waals surface area contributed by atoms with E-state index in [0.29, 0.717) is 40.6 Å². The average Bonchev–Trinajstić information content (AvgIpc) is 2.84. The molecule has 0 radical (unpaired) electrons. The van der Waals surface area contributed by atoms with Gasteiger partial charge in [-0.1, -0.05) is 54.1 Å². The second-order valence-electron chi connectivity index (χ2n) is 8.07. The molecule has 1 aliphatic heterocycles. The normalized spacial score (nSPS) is 15.3. The summed E-state index contributed by atoms with van der Waals surface area (Å²) in [6.45, 7) is 4.09. The summed E-state index contributed by atoms with van der Waals surface area (Å²) in [6.07, 6.45) is 0. The van der Waals surface area contributed by atoms with Crippen LogP contribution in [0.1, 0.15) is 29.7 Å². The summed E-state index contributed by atoms with van der Waals surface area (Å²) in [5.41, 5.74) is 4.41. The maximum atomic E-state index is 13.2. The van der Waals surface area contributed by atoms with Gasteiger partial charge >= 0.3 is 6.03 Å². The van der Waals surface area contributed by atoms with Gasteiger partial charge in [0.25, 0.3) is 5.91 Å². The van der Waals surface area contributed by atoms with E-state index in [1.165, 1.54) is 0 Å². The molecular formula is C27H27N3O4. The van der Waals surface area contributed by atoms with Gasteiger partial charge in [0, 0.05) is 11.4 Å². The van der Waals surface area contributed by atoms with E-state index in [1.807, 2.05) is 67.6 Å². The molecular weight excluding hydrogens is 430 g/mol. The number of benzene rings is 3. The fourth-order valence-electron chi connectivity index (χ4n) is 3.80. The molecule has 3 N–H and O–H groups in total. The fourth-order valence-corrected chi connectivity index (χ4v) is 3.80. The zero-order valence-electron chi connectivity index (χ0n) is 19.3. The van der Waals surface area contributed by atoms with Crippen molar-refractivity contribution in [2.75, 3.05) is 12.4 Å². The SMILES string of the molecule is COc1cc(C2NC(=O)NC(C)=C2C(=O)Nc2ccc(C)cc2)ccc1OCc1ccccc1. The number of aryl methyl sites for hydroxylation is 1. The van der Waals surface area contributed by atoms with Crippen molar-refractivity contribution in [1.82, 2.24) is 10.6 Å². The topological polar surface area (TPSA) is 88.7 Å². The summed E-state index contributed by atoms with van der Waals surface area (Å²) in [5.74, 6) is 0.779. The molecule has 0 bridgehead atoms. The van der Waals surface area contributed by atoms with Crippen LogP contribution in [0, 0.1) is 6.92 Å². The molecule has 1 heterocycles. The highest BCUT2D eigenvalue weighted by Gasteiger charge is 2.31. The Morgan fingerprint density at radius 2 is 1.71 bits per heavy atom. The van der Waals surface area contributed by atoms with Crippen LogP contribution in [0.15, 0.2) is 84.1 Å². The largest absolute Gasteiger partial charge is 0.493 e. The summed E-state index contributed by atoms with van der Waals surface area (Å²) in [7, 11) is 1.56. The van der Waals surface area contributed by atoms with Crippen LogP contribution < -0.4 is 25.4 Å². The number of carbonyl (C=O) groups excluding carboxylic acids is 2. The van der Waals surface area contributed by atoms with Gasteiger partial charge in [0.2, 0.25) is 0 Å². The first-order valence-electron chi connectivity index (χ1n) is 11.0. The molecule has 3 aromatic carbocycles. The molecule has 0 fully saturated rings. The number of hydrogen-bond acceptors (Lipinski definition) is 4. The van der Waals surface area contributed by atoms with E-state index < -0.39 is 6.04 Å². The monoisotopic (exact) mass is 457 g/mol. The highest BCUT2D eigenvalue weighted by molar-refractivity contribution is 6.06. The molecule has 7 heteroatoms. The van der Waals surface area contributed by atoms with Gasteiger partial charge in [-0.2, -0.15) is 0 Å². The highest BCUT2D eigenvalue weighted by atomic mass is 16.5. The summed E-state index contributed by atoms with van der Waals surface area (Å²) in [5, 5.41) is 8.47. The molecule has 3 aromatic rings. The minimum atomic E-state index is -0.656. The van der Waals surface area contributed by atoms with E-state index in [2.05, 4.69) is 16.0 Å². The number of carbonyl (C=O) groups is 2. The van der Waals surface area contributed by atoms with Gasteiger partial charge in [-0.15, -0.1) is 0 Å². The number of hydrogen-bond donors (Lipinski definition) is 3. The Bertz CT molecular complexity index is 1220. The molecule has 0 saturated carbocycles. The minimum absolute atomic E-state index is 0.303. The third kappa shape index (κ3) is 5.20. The van der Waals surface area contributed by atoms with Crippen molar-refractivity contribution in [3.05, 3.63) is 101 Å². The van der Waals surface area contributed by atoms with E-state index in [1.54, 1.807) is 26.2 Å². The lowest BCUT2D eigenvalue weighted by atomic mass is 9.94. The number of methoxy groups -OCH3 is 1. The number of allylic oxidation sites excluding steroid dienone is 1. The quantitative estimate of drug-likeness (QED) is 0.473. The number of nitrogens with one attached hydrogen (secondary N) is 3. The van der Waals surface area contributed by atoms with Crippen molar-refractivity contribution in [3.8, 4) is 11.5 Å². The Labute approximate surface area is 198 Å². The number of urea groups is 1. The van der Waals surface area contributed by atoms with Crippen LogP contribution >= 0.6 is 0 Å². The number of anilines is 1. The minimum Gasteiger partial charge on any atom is -0.493 e. The molecule has 34 heavy (non-hydrogen) atoms. The maximum absolute atomic E-state index is 13.2. The standard InChI is InChI=1S/C27H27N3O4/c1-17-9-12-21(13-10-17)29-26(31)24-18(2)28-27(32)30-25(24)20-11-14-22(23(15-20)33-3)34-16-19-7-5-4-6-8-19/h4-15,25H,16H2,1-3H3,(H,29,31)(H2,28,30,32). The van der Waals surface area contributed by atoms with Gasteiger partial charge in [-0.05, 0) is 49.2 Å². The Morgan fingerprint density at radius 1 is 0.971 bits per heavy atom. The predicted octanol–water partition coefficient (Wildman–Crippen LogP) is 4.85. The molecule has 174 valence electrons. The zero-order chi connectivity index (χ0) is 24.1. The first-order valence-corrected chi connectivity index (χ1v) is 11.0. The second kappa shape index (κ2) is 10.1. The lowest BCUT2D eigenvalue weighted by molar-refractivity contribution is -0.113. The van der Waals surface area contributed by atoms with Crippen molar-refractivity contribution in [3.63, 3.8) is 0 Å². The molecule has 3 amide bonds. The van der Waals surface area contributed by atoms with Crippen LogP contribution in [-0.2, 0) is 11.4 Å². The smallest absolute Gasteiger partial charge is 0.319 e. The third-order valence-electron chi connectivity index (χ3n) is 5.58. The molecule has 1 unspecified atom stereocenters. The average molecular weight is 458 g/mol. The molecule has 1 aliphatic rings. The summed E-state index contributed by atoms with van der Waals surface area (Å²) >= 11 is 0. The van der Waals surface area contributed by atoms with E-state index in [-0.39, 0.29) is 11.9 Å². The molecule has 0 spiro atoms. The van der Waals surface area contributed by atoms with Crippen molar-refractivity contribution in [1.29, 1.82) is 0 Å². The molecule has 4 rings (SSSR count). The van der Waals surface area contributed by atoms with Crippen LogP contribution in [0.2, 0.25) is 0 Å². The zero-order valence-corrected chi connectivity index (χ0v) is 19.3. The van der Waals surface area contributed by atoms with Gasteiger partial charge in [0.05, 0.1) is 18.7 Å².